The number of nitrogens with zero attached hydrogens (tertiary/aromatic N) is 2. The summed E-state index contributed by atoms with van der Waals surface area (Å²) in [6.45, 7) is 0.835. The first-order valence-electron chi connectivity index (χ1n) is 11.3. The smallest absolute Gasteiger partial charge is 0.416 e. The molecule has 4 rings (SSSR count). The van der Waals surface area contributed by atoms with Gasteiger partial charge in [-0.1, -0.05) is 54.1 Å². The van der Waals surface area contributed by atoms with Crippen LogP contribution in [0.15, 0.2) is 83.5 Å². The number of halogens is 5. The van der Waals surface area contributed by atoms with E-state index in [-0.39, 0.29) is 37.0 Å². The fraction of sp³-hybridized carbons (Fsp3) is 0.185. The van der Waals surface area contributed by atoms with Gasteiger partial charge in [0.2, 0.25) is 5.89 Å². The Labute approximate surface area is 215 Å². The molecule has 1 N–H and O–H groups in total. The molecule has 5 nitrogen and oxygen atoms in total. The minimum absolute atomic E-state index is 0.0545. The highest BCUT2D eigenvalue weighted by Gasteiger charge is 2.30. The third kappa shape index (κ3) is 7.65. The molecule has 37 heavy (non-hydrogen) atoms. The standard InChI is InChI=1S/C27H22ClF4N3O2/c28-22-6-2-4-20(12-22)15-35(14-19-3-1-5-21(11-19)27(30,31)32)16-25-34-24(17-37-25)26(36)33-13-18-7-9-23(29)10-8-18/h1-12,17H,13-16H2,(H,33,36). The number of alkyl halides is 3. The van der Waals surface area contributed by atoms with Crippen molar-refractivity contribution in [3.05, 3.63) is 124 Å². The maximum atomic E-state index is 13.2. The van der Waals surface area contributed by atoms with Crippen LogP contribution in [0, 0.1) is 5.82 Å². The molecule has 0 radical (unpaired) electrons. The molecule has 0 bridgehead atoms. The highest BCUT2D eigenvalue weighted by Crippen LogP contribution is 2.30. The van der Waals surface area contributed by atoms with Crippen LogP contribution in [0.1, 0.15) is 38.6 Å². The van der Waals surface area contributed by atoms with Crippen LogP contribution < -0.4 is 5.32 Å². The molecule has 0 aliphatic heterocycles. The first kappa shape index (κ1) is 26.4. The third-order valence-corrected chi connectivity index (χ3v) is 5.70. The van der Waals surface area contributed by atoms with E-state index in [1.165, 1.54) is 24.5 Å². The van der Waals surface area contributed by atoms with E-state index in [1.54, 1.807) is 36.4 Å². The van der Waals surface area contributed by atoms with Gasteiger partial charge >= 0.3 is 6.18 Å². The number of benzene rings is 3. The fourth-order valence-corrected chi connectivity index (χ4v) is 3.93. The van der Waals surface area contributed by atoms with Crippen LogP contribution in [-0.4, -0.2) is 15.8 Å². The summed E-state index contributed by atoms with van der Waals surface area (Å²) in [6, 6.07) is 18.0. The van der Waals surface area contributed by atoms with Crippen molar-refractivity contribution in [2.45, 2.75) is 32.4 Å². The van der Waals surface area contributed by atoms with E-state index in [0.29, 0.717) is 22.7 Å². The predicted molar refractivity (Wildman–Crippen MR) is 130 cm³/mol. The zero-order valence-corrected chi connectivity index (χ0v) is 20.2. The van der Waals surface area contributed by atoms with Crippen LogP contribution in [0.25, 0.3) is 0 Å². The van der Waals surface area contributed by atoms with Crippen LogP contribution in [0.5, 0.6) is 0 Å². The Hall–Kier alpha value is -3.69. The molecule has 0 saturated heterocycles. The second-order valence-corrected chi connectivity index (χ2v) is 8.85. The van der Waals surface area contributed by atoms with Crippen LogP contribution in [0.2, 0.25) is 5.02 Å². The average Bonchev–Trinajstić information content (AvgIpc) is 3.32. The van der Waals surface area contributed by atoms with Crippen molar-refractivity contribution in [2.75, 3.05) is 0 Å². The molecule has 4 aromatic rings. The van der Waals surface area contributed by atoms with Gasteiger partial charge in [-0.15, -0.1) is 0 Å². The normalized spacial score (nSPS) is 11.6. The van der Waals surface area contributed by atoms with E-state index in [2.05, 4.69) is 10.3 Å². The Morgan fingerprint density at radius 1 is 0.919 bits per heavy atom. The maximum Gasteiger partial charge on any atom is 0.416 e. The summed E-state index contributed by atoms with van der Waals surface area (Å²) in [5, 5.41) is 3.22. The van der Waals surface area contributed by atoms with Crippen LogP contribution in [0.4, 0.5) is 17.6 Å². The lowest BCUT2D eigenvalue weighted by atomic mass is 10.1. The number of hydrogen-bond acceptors (Lipinski definition) is 4. The van der Waals surface area contributed by atoms with Crippen molar-refractivity contribution in [1.29, 1.82) is 0 Å². The summed E-state index contributed by atoms with van der Waals surface area (Å²) in [7, 11) is 0. The zero-order chi connectivity index (χ0) is 26.4. The second kappa shape index (κ2) is 11.6. The molecule has 3 aromatic carbocycles. The number of aromatic nitrogens is 1. The summed E-state index contributed by atoms with van der Waals surface area (Å²) in [4.78, 5) is 18.6. The van der Waals surface area contributed by atoms with Crippen molar-refractivity contribution in [3.63, 3.8) is 0 Å². The number of nitrogens with one attached hydrogen (secondary N) is 1. The number of carbonyl (C=O) groups is 1. The molecular formula is C27H22ClF4N3O2. The Balaban J connectivity index is 1.47. The molecule has 0 atom stereocenters. The first-order valence-corrected chi connectivity index (χ1v) is 11.6. The average molecular weight is 532 g/mol. The molecule has 10 heteroatoms. The minimum Gasteiger partial charge on any atom is -0.447 e. The van der Waals surface area contributed by atoms with Gasteiger partial charge in [-0.2, -0.15) is 13.2 Å². The zero-order valence-electron chi connectivity index (χ0n) is 19.4. The summed E-state index contributed by atoms with van der Waals surface area (Å²) >= 11 is 6.10. The van der Waals surface area contributed by atoms with E-state index >= 15 is 0 Å². The molecule has 1 amide bonds. The van der Waals surface area contributed by atoms with Crippen molar-refractivity contribution < 1.29 is 26.8 Å². The molecule has 0 saturated carbocycles. The van der Waals surface area contributed by atoms with Gasteiger partial charge in [0.05, 0.1) is 12.1 Å². The first-order chi connectivity index (χ1) is 17.7. The fourth-order valence-electron chi connectivity index (χ4n) is 3.72. The number of oxazole rings is 1. The van der Waals surface area contributed by atoms with E-state index in [9.17, 15) is 22.4 Å². The van der Waals surface area contributed by atoms with Crippen molar-refractivity contribution >= 4 is 17.5 Å². The van der Waals surface area contributed by atoms with Crippen LogP contribution in [-0.2, 0) is 32.4 Å². The minimum atomic E-state index is -4.45. The molecule has 0 unspecified atom stereocenters. The van der Waals surface area contributed by atoms with E-state index < -0.39 is 17.6 Å². The maximum absolute atomic E-state index is 13.2. The number of amides is 1. The van der Waals surface area contributed by atoms with Crippen molar-refractivity contribution in [3.8, 4) is 0 Å². The van der Waals surface area contributed by atoms with Crippen LogP contribution >= 0.6 is 11.6 Å². The summed E-state index contributed by atoms with van der Waals surface area (Å²) in [5.74, 6) is -0.622. The largest absolute Gasteiger partial charge is 0.447 e. The Morgan fingerprint density at radius 2 is 1.59 bits per heavy atom. The van der Waals surface area contributed by atoms with Gasteiger partial charge in [0.25, 0.3) is 5.91 Å². The van der Waals surface area contributed by atoms with E-state index in [1.807, 2.05) is 11.0 Å². The molecule has 0 fully saturated rings. The summed E-state index contributed by atoms with van der Waals surface area (Å²) in [5.41, 5.74) is 1.35. The molecule has 1 heterocycles. The number of carbonyl (C=O) groups excluding carboxylic acids is 1. The summed E-state index contributed by atoms with van der Waals surface area (Å²) in [6.07, 6.45) is -3.23. The Kier molecular flexibility index (Phi) is 8.25. The Morgan fingerprint density at radius 3 is 2.27 bits per heavy atom. The quantitative estimate of drug-likeness (QED) is 0.247. The lowest BCUT2D eigenvalue weighted by molar-refractivity contribution is -0.137. The van der Waals surface area contributed by atoms with E-state index in [0.717, 1.165) is 17.7 Å². The van der Waals surface area contributed by atoms with Gasteiger partial charge in [-0.25, -0.2) is 9.37 Å². The molecule has 192 valence electrons. The highest BCUT2D eigenvalue weighted by molar-refractivity contribution is 6.30. The molecular weight excluding hydrogens is 510 g/mol. The molecule has 0 aliphatic rings. The van der Waals surface area contributed by atoms with Gasteiger partial charge in [0, 0.05) is 24.7 Å². The third-order valence-electron chi connectivity index (χ3n) is 5.47. The predicted octanol–water partition coefficient (Wildman–Crippen LogP) is 6.62. The topological polar surface area (TPSA) is 58.4 Å². The van der Waals surface area contributed by atoms with Gasteiger partial charge in [-0.05, 0) is 47.0 Å². The van der Waals surface area contributed by atoms with Gasteiger partial charge < -0.3 is 9.73 Å². The van der Waals surface area contributed by atoms with Crippen molar-refractivity contribution in [2.24, 2.45) is 0 Å². The Bertz CT molecular complexity index is 1360. The SMILES string of the molecule is O=C(NCc1ccc(F)cc1)c1coc(CN(Cc2cccc(Cl)c2)Cc2cccc(C(F)(F)F)c2)n1. The number of hydrogen-bond donors (Lipinski definition) is 1. The van der Waals surface area contributed by atoms with Gasteiger partial charge in [0.1, 0.15) is 12.1 Å². The lowest BCUT2D eigenvalue weighted by Gasteiger charge is -2.22. The van der Waals surface area contributed by atoms with Gasteiger partial charge in [-0.3, -0.25) is 9.69 Å². The molecule has 0 aliphatic carbocycles. The number of rotatable bonds is 9. The van der Waals surface area contributed by atoms with Gasteiger partial charge in [0.15, 0.2) is 5.69 Å². The lowest BCUT2D eigenvalue weighted by Crippen LogP contribution is -2.24. The summed E-state index contributed by atoms with van der Waals surface area (Å²) < 4.78 is 58.2. The van der Waals surface area contributed by atoms with Crippen molar-refractivity contribution in [1.82, 2.24) is 15.2 Å². The molecule has 0 spiro atoms. The second-order valence-electron chi connectivity index (χ2n) is 8.41. The monoisotopic (exact) mass is 531 g/mol. The van der Waals surface area contributed by atoms with Crippen LogP contribution in [0.3, 0.4) is 0 Å². The highest BCUT2D eigenvalue weighted by atomic mass is 35.5. The molecule has 1 aromatic heterocycles. The van der Waals surface area contributed by atoms with E-state index in [4.69, 9.17) is 16.0 Å².